The van der Waals surface area contributed by atoms with E-state index in [0.29, 0.717) is 11.5 Å². The number of halogens is 1. The Hall–Kier alpha value is -3.16. The molecule has 0 bridgehead atoms. The van der Waals surface area contributed by atoms with E-state index in [4.69, 9.17) is 9.47 Å². The molecule has 1 aliphatic rings. The van der Waals surface area contributed by atoms with Crippen molar-refractivity contribution in [1.82, 2.24) is 0 Å². The summed E-state index contributed by atoms with van der Waals surface area (Å²) in [4.78, 5) is 22.2. The lowest BCUT2D eigenvalue weighted by Gasteiger charge is -2.25. The molecule has 8 heteroatoms. The van der Waals surface area contributed by atoms with E-state index in [1.807, 2.05) is 0 Å². The van der Waals surface area contributed by atoms with Gasteiger partial charge in [-0.1, -0.05) is 12.1 Å². The third-order valence-corrected chi connectivity index (χ3v) is 3.22. The Bertz CT molecular complexity index is 780. The van der Waals surface area contributed by atoms with Crippen molar-refractivity contribution in [3.63, 3.8) is 0 Å². The fourth-order valence-electron chi connectivity index (χ4n) is 2.08. The van der Waals surface area contributed by atoms with E-state index in [9.17, 15) is 19.3 Å². The second kappa shape index (κ2) is 5.91. The summed E-state index contributed by atoms with van der Waals surface area (Å²) in [5, 5.41) is 13.0. The molecule has 1 amide bonds. The highest BCUT2D eigenvalue weighted by atomic mass is 19.1. The number of hydrogen-bond acceptors (Lipinski definition) is 5. The van der Waals surface area contributed by atoms with Crippen molar-refractivity contribution in [3.05, 3.63) is 58.4 Å². The molecule has 0 fully saturated rings. The number of rotatable bonds is 3. The first kappa shape index (κ1) is 14.8. The van der Waals surface area contributed by atoms with Crippen LogP contribution in [0.15, 0.2) is 42.5 Å². The summed E-state index contributed by atoms with van der Waals surface area (Å²) in [5.74, 6) is -0.517. The Balaban J connectivity index is 1.75. The van der Waals surface area contributed by atoms with E-state index in [1.165, 1.54) is 0 Å². The predicted octanol–water partition coefficient (Wildman–Crippen LogP) is 2.51. The Kier molecular flexibility index (Phi) is 3.80. The molecule has 0 aromatic heterocycles. The summed E-state index contributed by atoms with van der Waals surface area (Å²) in [6.07, 6.45) is -0.983. The first-order valence-corrected chi connectivity index (χ1v) is 6.68. The summed E-state index contributed by atoms with van der Waals surface area (Å²) in [6, 6.07) is 9.71. The van der Waals surface area contributed by atoms with Crippen LogP contribution in [0.25, 0.3) is 0 Å². The summed E-state index contributed by atoms with van der Waals surface area (Å²) in [6.45, 7) is -0.0423. The Morgan fingerprint density at radius 2 is 2.00 bits per heavy atom. The van der Waals surface area contributed by atoms with Gasteiger partial charge in [0, 0.05) is 12.1 Å². The van der Waals surface area contributed by atoms with E-state index in [-0.39, 0.29) is 18.0 Å². The maximum absolute atomic E-state index is 13.7. The van der Waals surface area contributed by atoms with Crippen molar-refractivity contribution >= 4 is 17.3 Å². The van der Waals surface area contributed by atoms with Gasteiger partial charge in [-0.15, -0.1) is 0 Å². The maximum Gasteiger partial charge on any atom is 0.271 e. The van der Waals surface area contributed by atoms with Crippen LogP contribution in [-0.4, -0.2) is 23.5 Å². The molecule has 2 aromatic rings. The zero-order chi connectivity index (χ0) is 16.4. The third-order valence-electron chi connectivity index (χ3n) is 3.22. The highest BCUT2D eigenvalue weighted by Crippen LogP contribution is 2.31. The number of hydrogen-bond donors (Lipinski definition) is 1. The zero-order valence-electron chi connectivity index (χ0n) is 11.7. The summed E-state index contributed by atoms with van der Waals surface area (Å²) in [7, 11) is 0. The summed E-state index contributed by atoms with van der Waals surface area (Å²) in [5.41, 5.74) is -0.612. The van der Waals surface area contributed by atoms with Crippen molar-refractivity contribution in [2.75, 3.05) is 11.9 Å². The highest BCUT2D eigenvalue weighted by Gasteiger charge is 2.28. The molecule has 2 aromatic carbocycles. The van der Waals surface area contributed by atoms with Gasteiger partial charge in [-0.3, -0.25) is 14.9 Å². The lowest BCUT2D eigenvalue weighted by atomic mass is 10.2. The number of nitro groups is 1. The molecular formula is C15H11FN2O5. The zero-order valence-corrected chi connectivity index (χ0v) is 11.7. The fraction of sp³-hybridized carbons (Fsp3) is 0.133. The third kappa shape index (κ3) is 3.05. The van der Waals surface area contributed by atoms with Crippen LogP contribution in [0.2, 0.25) is 0 Å². The topological polar surface area (TPSA) is 90.7 Å². The average Bonchev–Trinajstić information content (AvgIpc) is 2.56. The lowest BCUT2D eigenvalue weighted by Crippen LogP contribution is -2.40. The van der Waals surface area contributed by atoms with Crippen LogP contribution in [0.3, 0.4) is 0 Å². The summed E-state index contributed by atoms with van der Waals surface area (Å²) >= 11 is 0. The van der Waals surface area contributed by atoms with E-state index < -0.39 is 22.8 Å². The first-order chi connectivity index (χ1) is 11.0. The summed E-state index contributed by atoms with van der Waals surface area (Å²) < 4.78 is 24.6. The molecule has 7 nitrogen and oxygen atoms in total. The van der Waals surface area contributed by atoms with Crippen LogP contribution in [0.5, 0.6) is 11.5 Å². The average molecular weight is 318 g/mol. The Morgan fingerprint density at radius 1 is 1.26 bits per heavy atom. The fourth-order valence-corrected chi connectivity index (χ4v) is 2.08. The molecule has 1 N–H and O–H groups in total. The second-order valence-corrected chi connectivity index (χ2v) is 4.77. The van der Waals surface area contributed by atoms with Gasteiger partial charge in [0.25, 0.3) is 11.6 Å². The minimum absolute atomic E-state index is 0.0423. The van der Waals surface area contributed by atoms with Crippen LogP contribution in [-0.2, 0) is 4.79 Å². The second-order valence-electron chi connectivity index (χ2n) is 4.77. The van der Waals surface area contributed by atoms with Crippen LogP contribution in [0.1, 0.15) is 0 Å². The van der Waals surface area contributed by atoms with Gasteiger partial charge in [0.15, 0.2) is 11.5 Å². The first-order valence-electron chi connectivity index (χ1n) is 6.68. The number of anilines is 1. The van der Waals surface area contributed by atoms with Crippen molar-refractivity contribution in [2.24, 2.45) is 0 Å². The van der Waals surface area contributed by atoms with Gasteiger partial charge in [0.05, 0.1) is 10.6 Å². The van der Waals surface area contributed by atoms with Crippen LogP contribution >= 0.6 is 0 Å². The van der Waals surface area contributed by atoms with Crippen molar-refractivity contribution in [3.8, 4) is 11.5 Å². The van der Waals surface area contributed by atoms with E-state index in [0.717, 1.165) is 18.2 Å². The molecule has 0 spiro atoms. The monoisotopic (exact) mass is 318 g/mol. The van der Waals surface area contributed by atoms with Gasteiger partial charge in [-0.05, 0) is 18.2 Å². The largest absolute Gasteiger partial charge is 0.485 e. The molecule has 1 unspecified atom stereocenters. The number of carbonyl (C=O) groups excluding carboxylic acids is 1. The number of carbonyl (C=O) groups is 1. The van der Waals surface area contributed by atoms with Crippen LogP contribution in [0, 0.1) is 15.9 Å². The Morgan fingerprint density at radius 3 is 2.74 bits per heavy atom. The lowest BCUT2D eigenvalue weighted by molar-refractivity contribution is -0.384. The number of nitrogens with one attached hydrogen (secondary N) is 1. The number of non-ortho nitro benzene ring substituents is 1. The predicted molar refractivity (Wildman–Crippen MR) is 78.0 cm³/mol. The van der Waals surface area contributed by atoms with E-state index in [1.54, 1.807) is 24.3 Å². The molecule has 23 heavy (non-hydrogen) atoms. The van der Waals surface area contributed by atoms with Crippen molar-refractivity contribution in [1.29, 1.82) is 0 Å². The molecule has 3 rings (SSSR count). The quantitative estimate of drug-likeness (QED) is 0.693. The van der Waals surface area contributed by atoms with Gasteiger partial charge >= 0.3 is 0 Å². The van der Waals surface area contributed by atoms with Gasteiger partial charge in [0.2, 0.25) is 6.10 Å². The molecule has 0 aliphatic carbocycles. The number of para-hydroxylation sites is 2. The molecule has 0 radical (unpaired) electrons. The number of ether oxygens (including phenoxy) is 2. The minimum atomic E-state index is -0.983. The number of benzene rings is 2. The van der Waals surface area contributed by atoms with Gasteiger partial charge < -0.3 is 14.8 Å². The minimum Gasteiger partial charge on any atom is -0.485 e. The van der Waals surface area contributed by atoms with Crippen molar-refractivity contribution in [2.45, 2.75) is 6.10 Å². The molecular weight excluding hydrogens is 307 g/mol. The van der Waals surface area contributed by atoms with Gasteiger partial charge in [-0.2, -0.15) is 0 Å². The van der Waals surface area contributed by atoms with Crippen molar-refractivity contribution < 1.29 is 23.6 Å². The van der Waals surface area contributed by atoms with Crippen LogP contribution in [0.4, 0.5) is 15.8 Å². The molecule has 118 valence electrons. The van der Waals surface area contributed by atoms with Gasteiger partial charge in [0.1, 0.15) is 12.4 Å². The normalized spacial score (nSPS) is 15.8. The molecule has 1 aliphatic heterocycles. The highest BCUT2D eigenvalue weighted by molar-refractivity contribution is 5.95. The van der Waals surface area contributed by atoms with E-state index in [2.05, 4.69) is 5.32 Å². The number of amides is 1. The van der Waals surface area contributed by atoms with Crippen LogP contribution < -0.4 is 14.8 Å². The molecule has 1 heterocycles. The van der Waals surface area contributed by atoms with Gasteiger partial charge in [-0.25, -0.2) is 4.39 Å². The molecule has 0 saturated carbocycles. The van der Waals surface area contributed by atoms with E-state index >= 15 is 0 Å². The SMILES string of the molecule is O=C(Nc1cc([N+](=O)[O-])ccc1F)C1COc2ccccc2O1. The Labute approximate surface area is 129 Å². The molecule has 0 saturated heterocycles. The smallest absolute Gasteiger partial charge is 0.271 e. The number of fused-ring (bicyclic) bond motifs is 1. The number of nitro benzene ring substituents is 1. The number of nitrogens with zero attached hydrogens (tertiary/aromatic N) is 1. The maximum atomic E-state index is 13.7. The molecule has 1 atom stereocenters. The standard InChI is InChI=1S/C15H11FN2O5/c16-10-6-5-9(18(20)21)7-11(10)17-15(19)14-8-22-12-3-1-2-4-13(12)23-14/h1-7,14H,8H2,(H,17,19).